The minimum Gasteiger partial charge on any atom is -0.367 e. The summed E-state index contributed by atoms with van der Waals surface area (Å²) in [5, 5.41) is 6.68. The zero-order valence-electron chi connectivity index (χ0n) is 14.4. The second-order valence-corrected chi connectivity index (χ2v) is 9.20. The van der Waals surface area contributed by atoms with E-state index < -0.39 is 10.0 Å². The molecular formula is C17H22BrN5O2S. The molecule has 1 fully saturated rings. The minimum absolute atomic E-state index is 0.0298. The Morgan fingerprint density at radius 3 is 2.42 bits per heavy atom. The molecule has 1 aliphatic carbocycles. The van der Waals surface area contributed by atoms with Gasteiger partial charge >= 0.3 is 0 Å². The number of benzene rings is 1. The molecule has 0 unspecified atom stereocenters. The van der Waals surface area contributed by atoms with E-state index in [1.807, 2.05) is 30.3 Å². The molecule has 3 rings (SSSR count). The molecule has 1 saturated carbocycles. The van der Waals surface area contributed by atoms with Crippen molar-refractivity contribution in [2.45, 2.75) is 37.8 Å². The third kappa shape index (κ3) is 5.93. The lowest BCUT2D eigenvalue weighted by molar-refractivity contribution is 0.387. The summed E-state index contributed by atoms with van der Waals surface area (Å²) in [6, 6.07) is 10.1. The number of anilines is 3. The molecule has 0 saturated heterocycles. The van der Waals surface area contributed by atoms with Crippen LogP contribution in [0.4, 0.5) is 17.3 Å². The lowest BCUT2D eigenvalue weighted by atomic mass is 9.92. The second kappa shape index (κ2) is 8.32. The molecule has 0 amide bonds. The van der Waals surface area contributed by atoms with Crippen LogP contribution >= 0.6 is 15.9 Å². The highest BCUT2D eigenvalue weighted by atomic mass is 79.9. The fraction of sp³-hybridized carbons (Fsp3) is 0.412. The zero-order chi connectivity index (χ0) is 18.6. The Hall–Kier alpha value is -1.71. The van der Waals surface area contributed by atoms with Gasteiger partial charge in [-0.3, -0.25) is 0 Å². The van der Waals surface area contributed by atoms with E-state index in [-0.39, 0.29) is 12.1 Å². The van der Waals surface area contributed by atoms with Gasteiger partial charge in [-0.15, -0.1) is 0 Å². The second-order valence-electron chi connectivity index (χ2n) is 6.51. The van der Waals surface area contributed by atoms with Crippen molar-refractivity contribution in [3.63, 3.8) is 0 Å². The molecule has 0 bridgehead atoms. The SMILES string of the molecule is CS(=O)(=O)NC1CCC(Nc2cc(Nc3cccc(Br)c3)ncn2)CC1. The van der Waals surface area contributed by atoms with Crippen LogP contribution in [0.3, 0.4) is 0 Å². The Morgan fingerprint density at radius 1 is 1.04 bits per heavy atom. The molecule has 1 aromatic carbocycles. The predicted molar refractivity (Wildman–Crippen MR) is 107 cm³/mol. The maximum atomic E-state index is 11.3. The van der Waals surface area contributed by atoms with Crippen LogP contribution in [0, 0.1) is 0 Å². The Morgan fingerprint density at radius 2 is 1.73 bits per heavy atom. The number of halogens is 1. The van der Waals surface area contributed by atoms with E-state index in [1.165, 1.54) is 12.6 Å². The summed E-state index contributed by atoms with van der Waals surface area (Å²) in [6.07, 6.45) is 6.16. The molecule has 0 aliphatic heterocycles. The van der Waals surface area contributed by atoms with E-state index in [1.54, 1.807) is 0 Å². The fourth-order valence-corrected chi connectivity index (χ4v) is 4.33. The topological polar surface area (TPSA) is 96.0 Å². The number of sulfonamides is 1. The zero-order valence-corrected chi connectivity index (χ0v) is 16.8. The molecule has 26 heavy (non-hydrogen) atoms. The van der Waals surface area contributed by atoms with Crippen LogP contribution in [-0.4, -0.2) is 36.7 Å². The summed E-state index contributed by atoms with van der Waals surface area (Å²) < 4.78 is 26.3. The molecule has 1 aliphatic rings. The number of hydrogen-bond acceptors (Lipinski definition) is 6. The van der Waals surface area contributed by atoms with Gasteiger partial charge in [0.05, 0.1) is 6.26 Å². The quantitative estimate of drug-likeness (QED) is 0.638. The van der Waals surface area contributed by atoms with E-state index in [4.69, 9.17) is 0 Å². The van der Waals surface area contributed by atoms with Gasteiger partial charge in [-0.2, -0.15) is 0 Å². The first kappa shape index (κ1) is 19.1. The average molecular weight is 440 g/mol. The molecule has 9 heteroatoms. The van der Waals surface area contributed by atoms with Crippen molar-refractivity contribution in [1.29, 1.82) is 0 Å². The van der Waals surface area contributed by atoms with E-state index in [0.717, 1.165) is 41.7 Å². The van der Waals surface area contributed by atoms with Crippen molar-refractivity contribution in [2.75, 3.05) is 16.9 Å². The third-order valence-corrected chi connectivity index (χ3v) is 5.48. The fourth-order valence-electron chi connectivity index (χ4n) is 3.09. The van der Waals surface area contributed by atoms with Gasteiger partial charge in [-0.05, 0) is 43.9 Å². The smallest absolute Gasteiger partial charge is 0.208 e. The van der Waals surface area contributed by atoms with Crippen LogP contribution in [0.1, 0.15) is 25.7 Å². The van der Waals surface area contributed by atoms with Crippen molar-refractivity contribution < 1.29 is 8.42 Å². The van der Waals surface area contributed by atoms with E-state index in [0.29, 0.717) is 5.82 Å². The standard InChI is InChI=1S/C17H22BrN5O2S/c1-26(24,25)23-14-7-5-13(6-8-14)21-16-10-17(20-11-19-16)22-15-4-2-3-12(18)9-15/h2-4,9-11,13-14,23H,5-8H2,1H3,(H2,19,20,21,22). The number of hydrogen-bond donors (Lipinski definition) is 3. The van der Waals surface area contributed by atoms with Crippen molar-refractivity contribution in [2.24, 2.45) is 0 Å². The van der Waals surface area contributed by atoms with Gasteiger partial charge in [0.25, 0.3) is 0 Å². The summed E-state index contributed by atoms with van der Waals surface area (Å²) in [4.78, 5) is 8.54. The molecule has 1 heterocycles. The molecule has 2 aromatic rings. The van der Waals surface area contributed by atoms with Gasteiger partial charge in [0.1, 0.15) is 18.0 Å². The predicted octanol–water partition coefficient (Wildman–Crippen LogP) is 3.26. The third-order valence-electron chi connectivity index (χ3n) is 4.22. The van der Waals surface area contributed by atoms with Crippen LogP contribution < -0.4 is 15.4 Å². The van der Waals surface area contributed by atoms with Crippen LogP contribution in [0.25, 0.3) is 0 Å². The molecule has 1 aromatic heterocycles. The monoisotopic (exact) mass is 439 g/mol. The molecule has 3 N–H and O–H groups in total. The number of nitrogens with one attached hydrogen (secondary N) is 3. The lowest BCUT2D eigenvalue weighted by Gasteiger charge is -2.29. The van der Waals surface area contributed by atoms with Crippen LogP contribution in [0.5, 0.6) is 0 Å². The number of rotatable bonds is 6. The maximum absolute atomic E-state index is 11.3. The van der Waals surface area contributed by atoms with Crippen molar-refractivity contribution in [3.8, 4) is 0 Å². The summed E-state index contributed by atoms with van der Waals surface area (Å²) in [5.41, 5.74) is 0.941. The number of aromatic nitrogens is 2. The van der Waals surface area contributed by atoms with Gasteiger partial charge in [0.2, 0.25) is 10.0 Å². The Bertz CT molecular complexity index is 854. The highest BCUT2D eigenvalue weighted by Crippen LogP contribution is 2.24. The molecule has 0 atom stereocenters. The van der Waals surface area contributed by atoms with Crippen molar-refractivity contribution in [3.05, 3.63) is 41.1 Å². The summed E-state index contributed by atoms with van der Waals surface area (Å²) in [6.45, 7) is 0. The van der Waals surface area contributed by atoms with Crippen LogP contribution in [-0.2, 0) is 10.0 Å². The molecule has 140 valence electrons. The van der Waals surface area contributed by atoms with Crippen molar-refractivity contribution >= 4 is 43.3 Å². The summed E-state index contributed by atoms with van der Waals surface area (Å²) in [5.74, 6) is 1.48. The van der Waals surface area contributed by atoms with E-state index in [9.17, 15) is 8.42 Å². The Labute approximate surface area is 162 Å². The normalized spacial score (nSPS) is 20.5. The summed E-state index contributed by atoms with van der Waals surface area (Å²) >= 11 is 3.45. The van der Waals surface area contributed by atoms with Gasteiger partial charge in [-0.1, -0.05) is 22.0 Å². The maximum Gasteiger partial charge on any atom is 0.208 e. The first-order chi connectivity index (χ1) is 12.4. The van der Waals surface area contributed by atoms with Gasteiger partial charge in [-0.25, -0.2) is 23.1 Å². The van der Waals surface area contributed by atoms with E-state index >= 15 is 0 Å². The van der Waals surface area contributed by atoms with Gasteiger partial charge < -0.3 is 10.6 Å². The molecule has 0 spiro atoms. The number of nitrogens with zero attached hydrogens (tertiary/aromatic N) is 2. The first-order valence-electron chi connectivity index (χ1n) is 8.46. The largest absolute Gasteiger partial charge is 0.367 e. The van der Waals surface area contributed by atoms with Crippen LogP contribution in [0.15, 0.2) is 41.1 Å². The van der Waals surface area contributed by atoms with Gasteiger partial charge in [0.15, 0.2) is 0 Å². The highest BCUT2D eigenvalue weighted by Gasteiger charge is 2.23. The molecule has 0 radical (unpaired) electrons. The molecular weight excluding hydrogens is 418 g/mol. The first-order valence-corrected chi connectivity index (χ1v) is 11.1. The van der Waals surface area contributed by atoms with Crippen molar-refractivity contribution in [1.82, 2.24) is 14.7 Å². The Balaban J connectivity index is 1.56. The minimum atomic E-state index is -3.14. The van der Waals surface area contributed by atoms with Crippen LogP contribution in [0.2, 0.25) is 0 Å². The highest BCUT2D eigenvalue weighted by molar-refractivity contribution is 9.10. The summed E-state index contributed by atoms with van der Waals surface area (Å²) in [7, 11) is -3.14. The van der Waals surface area contributed by atoms with Gasteiger partial charge in [0, 0.05) is 28.3 Å². The average Bonchev–Trinajstić information content (AvgIpc) is 2.56. The molecule has 7 nitrogen and oxygen atoms in total. The van der Waals surface area contributed by atoms with E-state index in [2.05, 4.69) is 41.3 Å². The Kier molecular flexibility index (Phi) is 6.10. The lowest BCUT2D eigenvalue weighted by Crippen LogP contribution is -2.39.